The number of nitrogens with one attached hydrogen (secondary N) is 1. The van der Waals surface area contributed by atoms with Crippen LogP contribution >= 0.6 is 0 Å². The van der Waals surface area contributed by atoms with E-state index in [1.165, 1.54) is 7.11 Å². The van der Waals surface area contributed by atoms with Gasteiger partial charge in [0.15, 0.2) is 0 Å². The Bertz CT molecular complexity index is 718. The van der Waals surface area contributed by atoms with Gasteiger partial charge in [-0.05, 0) is 23.8 Å². The van der Waals surface area contributed by atoms with Gasteiger partial charge in [0.05, 0.1) is 19.3 Å². The minimum atomic E-state index is -0.447. The summed E-state index contributed by atoms with van der Waals surface area (Å²) in [6.07, 6.45) is 1.68. The number of anilines is 1. The number of hydrogen-bond acceptors (Lipinski definition) is 4. The predicted molar refractivity (Wildman–Crippen MR) is 85.0 cm³/mol. The molecule has 0 spiro atoms. The molecule has 2 aromatic rings. The van der Waals surface area contributed by atoms with Crippen molar-refractivity contribution in [2.24, 2.45) is 0 Å². The number of para-hydroxylation sites is 1. The van der Waals surface area contributed by atoms with Crippen molar-refractivity contribution in [2.75, 3.05) is 18.6 Å². The Morgan fingerprint density at radius 3 is 2.78 bits per heavy atom. The molecule has 0 aliphatic carbocycles. The largest absolute Gasteiger partial charge is 0.468 e. The van der Waals surface area contributed by atoms with Crippen LogP contribution in [-0.2, 0) is 16.1 Å². The van der Waals surface area contributed by atoms with Crippen LogP contribution in [0, 0.1) is 0 Å². The molecule has 1 aliphatic rings. The third kappa shape index (κ3) is 3.01. The van der Waals surface area contributed by atoms with E-state index >= 15 is 0 Å². The molecule has 6 nitrogen and oxygen atoms in total. The maximum atomic E-state index is 12.5. The Hall–Kier alpha value is -2.89. The number of methoxy groups -OCH3 is 1. The molecule has 118 valence electrons. The van der Waals surface area contributed by atoms with E-state index in [-0.39, 0.29) is 18.5 Å². The van der Waals surface area contributed by atoms with Crippen LogP contribution in [0.4, 0.5) is 10.5 Å². The zero-order chi connectivity index (χ0) is 16.2. The second-order valence-electron chi connectivity index (χ2n) is 5.22. The van der Waals surface area contributed by atoms with Crippen LogP contribution in [0.15, 0.2) is 48.7 Å². The molecule has 1 aliphatic heterocycles. The van der Waals surface area contributed by atoms with Gasteiger partial charge in [-0.15, -0.1) is 0 Å². The van der Waals surface area contributed by atoms with Gasteiger partial charge >= 0.3 is 12.0 Å². The highest BCUT2D eigenvalue weighted by atomic mass is 16.5. The summed E-state index contributed by atoms with van der Waals surface area (Å²) in [6, 6.07) is 12.7. The second-order valence-corrected chi connectivity index (χ2v) is 5.22. The van der Waals surface area contributed by atoms with E-state index < -0.39 is 5.92 Å². The Morgan fingerprint density at radius 1 is 1.26 bits per heavy atom. The third-order valence-electron chi connectivity index (χ3n) is 3.85. The summed E-state index contributed by atoms with van der Waals surface area (Å²) in [4.78, 5) is 30.1. The number of aromatic nitrogens is 1. The maximum Gasteiger partial charge on any atom is 0.322 e. The fraction of sp³-hybridized carbons (Fsp3) is 0.235. The smallest absolute Gasteiger partial charge is 0.322 e. The number of hydrogen-bond donors (Lipinski definition) is 1. The average Bonchev–Trinajstić information content (AvgIpc) is 3.00. The molecule has 1 aromatic heterocycles. The fourth-order valence-corrected chi connectivity index (χ4v) is 2.71. The van der Waals surface area contributed by atoms with E-state index in [2.05, 4.69) is 10.3 Å². The average molecular weight is 311 g/mol. The highest BCUT2D eigenvalue weighted by Gasteiger charge is 2.36. The van der Waals surface area contributed by atoms with Crippen molar-refractivity contribution in [1.29, 1.82) is 0 Å². The first-order chi connectivity index (χ1) is 11.2. The van der Waals surface area contributed by atoms with E-state index in [4.69, 9.17) is 4.74 Å². The minimum Gasteiger partial charge on any atom is -0.468 e. The lowest BCUT2D eigenvalue weighted by atomic mass is 10.0. The SMILES string of the molecule is COC(=O)C1CN(C(=O)NCc2ccccn2)c2ccccc21. The van der Waals surface area contributed by atoms with Crippen LogP contribution in [0.5, 0.6) is 0 Å². The standard InChI is InChI=1S/C17H17N3O3/c1-23-16(21)14-11-20(15-8-3-2-7-13(14)15)17(22)19-10-12-6-4-5-9-18-12/h2-9,14H,10-11H2,1H3,(H,19,22). The van der Waals surface area contributed by atoms with E-state index in [9.17, 15) is 9.59 Å². The molecule has 23 heavy (non-hydrogen) atoms. The van der Waals surface area contributed by atoms with Crippen LogP contribution in [0.1, 0.15) is 17.2 Å². The molecular weight excluding hydrogens is 294 g/mol. The molecule has 1 N–H and O–H groups in total. The van der Waals surface area contributed by atoms with Gasteiger partial charge in [0.25, 0.3) is 0 Å². The van der Waals surface area contributed by atoms with Crippen molar-refractivity contribution < 1.29 is 14.3 Å². The molecule has 6 heteroatoms. The number of esters is 1. The molecule has 0 radical (unpaired) electrons. The Labute approximate surface area is 134 Å². The first kappa shape index (κ1) is 15.0. The highest BCUT2D eigenvalue weighted by Crippen LogP contribution is 2.36. The maximum absolute atomic E-state index is 12.5. The fourth-order valence-electron chi connectivity index (χ4n) is 2.71. The van der Waals surface area contributed by atoms with E-state index in [1.807, 2.05) is 42.5 Å². The van der Waals surface area contributed by atoms with Crippen molar-refractivity contribution in [2.45, 2.75) is 12.5 Å². The van der Waals surface area contributed by atoms with Crippen molar-refractivity contribution in [1.82, 2.24) is 10.3 Å². The van der Waals surface area contributed by atoms with Crippen LogP contribution in [-0.4, -0.2) is 30.6 Å². The summed E-state index contributed by atoms with van der Waals surface area (Å²) >= 11 is 0. The monoisotopic (exact) mass is 311 g/mol. The predicted octanol–water partition coefficient (Wildman–Crippen LogP) is 2.07. The lowest BCUT2D eigenvalue weighted by Gasteiger charge is -2.18. The van der Waals surface area contributed by atoms with Crippen molar-refractivity contribution in [3.8, 4) is 0 Å². The number of ether oxygens (including phenoxy) is 1. The molecule has 0 saturated heterocycles. The minimum absolute atomic E-state index is 0.255. The molecule has 1 atom stereocenters. The lowest BCUT2D eigenvalue weighted by Crippen LogP contribution is -2.39. The summed E-state index contributed by atoms with van der Waals surface area (Å²) in [5, 5.41) is 2.83. The van der Waals surface area contributed by atoms with Gasteiger partial charge in [-0.2, -0.15) is 0 Å². The summed E-state index contributed by atoms with van der Waals surface area (Å²) in [7, 11) is 1.36. The zero-order valence-corrected chi connectivity index (χ0v) is 12.7. The van der Waals surface area contributed by atoms with Gasteiger partial charge in [0.2, 0.25) is 0 Å². The lowest BCUT2D eigenvalue weighted by molar-refractivity contribution is -0.141. The molecule has 1 unspecified atom stereocenters. The summed E-state index contributed by atoms with van der Waals surface area (Å²) in [5.74, 6) is -0.783. The number of nitrogens with zero attached hydrogens (tertiary/aromatic N) is 2. The van der Waals surface area contributed by atoms with Gasteiger partial charge < -0.3 is 10.1 Å². The topological polar surface area (TPSA) is 71.5 Å². The summed E-state index contributed by atoms with van der Waals surface area (Å²) < 4.78 is 4.84. The van der Waals surface area contributed by atoms with Crippen LogP contribution in [0.3, 0.4) is 0 Å². The number of pyridine rings is 1. The number of rotatable bonds is 3. The highest BCUT2D eigenvalue weighted by molar-refractivity contribution is 5.98. The number of carbonyl (C=O) groups excluding carboxylic acids is 2. The Balaban J connectivity index is 1.75. The van der Waals surface area contributed by atoms with Crippen LogP contribution in [0.2, 0.25) is 0 Å². The molecule has 0 fully saturated rings. The quantitative estimate of drug-likeness (QED) is 0.881. The van der Waals surface area contributed by atoms with Gasteiger partial charge in [0.1, 0.15) is 5.92 Å². The number of carbonyl (C=O) groups is 2. The van der Waals surface area contributed by atoms with Crippen molar-refractivity contribution >= 4 is 17.7 Å². The van der Waals surface area contributed by atoms with E-state index in [1.54, 1.807) is 11.1 Å². The van der Waals surface area contributed by atoms with E-state index in [0.29, 0.717) is 6.54 Å². The number of urea groups is 1. The van der Waals surface area contributed by atoms with E-state index in [0.717, 1.165) is 16.9 Å². The number of amides is 2. The summed E-state index contributed by atoms with van der Waals surface area (Å²) in [6.45, 7) is 0.612. The molecular formula is C17H17N3O3. The van der Waals surface area contributed by atoms with Crippen LogP contribution in [0.25, 0.3) is 0 Å². The first-order valence-electron chi connectivity index (χ1n) is 7.32. The molecule has 1 aromatic carbocycles. The Kier molecular flexibility index (Phi) is 4.23. The molecule has 3 rings (SSSR count). The molecule has 2 heterocycles. The Morgan fingerprint density at radius 2 is 2.04 bits per heavy atom. The number of fused-ring (bicyclic) bond motifs is 1. The third-order valence-corrected chi connectivity index (χ3v) is 3.85. The molecule has 0 saturated carbocycles. The molecule has 0 bridgehead atoms. The van der Waals surface area contributed by atoms with Gasteiger partial charge in [-0.3, -0.25) is 14.7 Å². The van der Waals surface area contributed by atoms with Gasteiger partial charge in [-0.25, -0.2) is 4.79 Å². The van der Waals surface area contributed by atoms with Crippen molar-refractivity contribution in [3.05, 3.63) is 59.9 Å². The van der Waals surface area contributed by atoms with Gasteiger partial charge in [0, 0.05) is 18.4 Å². The second kappa shape index (κ2) is 6.48. The van der Waals surface area contributed by atoms with Gasteiger partial charge in [-0.1, -0.05) is 24.3 Å². The zero-order valence-electron chi connectivity index (χ0n) is 12.7. The van der Waals surface area contributed by atoms with Crippen LogP contribution < -0.4 is 10.2 Å². The first-order valence-corrected chi connectivity index (χ1v) is 7.32. The van der Waals surface area contributed by atoms with Crippen molar-refractivity contribution in [3.63, 3.8) is 0 Å². The molecule has 2 amide bonds. The number of benzene rings is 1. The normalized spacial score (nSPS) is 15.9. The summed E-state index contributed by atoms with van der Waals surface area (Å²) in [5.41, 5.74) is 2.33.